The second-order valence-electron chi connectivity index (χ2n) is 6.94. The van der Waals surface area contributed by atoms with E-state index in [-0.39, 0.29) is 48.3 Å². The number of benzene rings is 2. The van der Waals surface area contributed by atoms with Gasteiger partial charge in [-0.2, -0.15) is 0 Å². The van der Waals surface area contributed by atoms with Gasteiger partial charge in [-0.3, -0.25) is 4.91 Å². The fraction of sp³-hybridized carbons (Fsp3) is 0.333. The van der Waals surface area contributed by atoms with Gasteiger partial charge in [0.25, 0.3) is 0 Å². The maximum Gasteiger partial charge on any atom is 1.00 e. The molecule has 11 heteroatoms. The molecule has 1 saturated heterocycles. The second-order valence-corrected chi connectivity index (χ2v) is 6.94. The van der Waals surface area contributed by atoms with E-state index < -0.39 is 12.2 Å². The molecular formula is C24H29N6NaO4. The Kier molecular flexibility index (Phi) is 19.2. The van der Waals surface area contributed by atoms with Gasteiger partial charge in [-0.25, -0.2) is 0 Å². The first kappa shape index (κ1) is 32.4. The first-order valence-electron chi connectivity index (χ1n) is 10.4. The van der Waals surface area contributed by atoms with Crippen LogP contribution in [0.5, 0.6) is 0 Å². The number of ether oxygens (including phenoxy) is 3. The van der Waals surface area contributed by atoms with Crippen molar-refractivity contribution in [2.75, 3.05) is 13.2 Å². The van der Waals surface area contributed by atoms with Crippen LogP contribution in [0.15, 0.2) is 91.1 Å². The average Bonchev–Trinajstić information content (AvgIpc) is 3.71. The van der Waals surface area contributed by atoms with Crippen molar-refractivity contribution in [2.45, 2.75) is 37.6 Å². The van der Waals surface area contributed by atoms with Gasteiger partial charge >= 0.3 is 29.6 Å². The van der Waals surface area contributed by atoms with E-state index in [4.69, 9.17) is 30.8 Å². The van der Waals surface area contributed by atoms with Gasteiger partial charge in [0.1, 0.15) is 18.3 Å². The van der Waals surface area contributed by atoms with Gasteiger partial charge in [0.2, 0.25) is 0 Å². The molecule has 1 fully saturated rings. The minimum atomic E-state index is -0.868. The Bertz CT molecular complexity index is 918. The van der Waals surface area contributed by atoms with Gasteiger partial charge in [-0.05, 0) is 16.7 Å². The fourth-order valence-electron chi connectivity index (χ4n) is 2.67. The molecule has 1 aliphatic heterocycles. The van der Waals surface area contributed by atoms with Crippen molar-refractivity contribution in [3.8, 4) is 0 Å². The van der Waals surface area contributed by atoms with Gasteiger partial charge in [0, 0.05) is 4.91 Å². The summed E-state index contributed by atoms with van der Waals surface area (Å²) in [5.74, 6) is 0. The summed E-state index contributed by atoms with van der Waals surface area (Å²) in [6.07, 6.45) is 2.17. The number of hydrogen-bond donors (Lipinski definition) is 1. The van der Waals surface area contributed by atoms with E-state index in [1.54, 1.807) is 6.08 Å². The SMILES string of the molecule is C=C[C@@H](OCc1ccccc1)[C@@H](O)CN=[N+]=[N-].C=C[C@@H](OCc1ccccc1)[C@@H]1CO1.[N-]=[N+]=[N-].[Na+]. The molecule has 0 aliphatic carbocycles. The van der Waals surface area contributed by atoms with Gasteiger partial charge in [-0.15, -0.1) is 13.2 Å². The largest absolute Gasteiger partial charge is 1.00 e. The van der Waals surface area contributed by atoms with Crippen LogP contribution in [0, 0.1) is 0 Å². The number of rotatable bonds is 12. The van der Waals surface area contributed by atoms with Crippen LogP contribution < -0.4 is 29.6 Å². The standard InChI is InChI=1S/C12H15N3O2.C12H14O2.N3.Na/c1-2-12(11(16)8-14-15-13)17-9-10-6-4-3-5-7-10;1-2-11(12-9-14-12)13-8-10-6-4-3-5-7-10;1-3-2;/h2-7,11-12,16H,1,8-9H2;2-7,11-12H,1,8-9H2;;/q;;-1;+1/t2*11-,12+;;/m01../s1. The van der Waals surface area contributed by atoms with Crippen LogP contribution in [0.3, 0.4) is 0 Å². The topological polar surface area (TPSA) is 159 Å². The molecule has 0 saturated carbocycles. The van der Waals surface area contributed by atoms with Crippen LogP contribution in [0.4, 0.5) is 0 Å². The number of hydrogen-bond acceptors (Lipinski definition) is 5. The molecule has 0 amide bonds. The third kappa shape index (κ3) is 15.1. The van der Waals surface area contributed by atoms with Crippen LogP contribution in [-0.4, -0.2) is 42.7 Å². The smallest absolute Gasteiger partial charge is 0.390 e. The minimum Gasteiger partial charge on any atom is -0.390 e. The number of epoxide rings is 1. The van der Waals surface area contributed by atoms with Gasteiger partial charge in [0.15, 0.2) is 0 Å². The summed E-state index contributed by atoms with van der Waals surface area (Å²) in [7, 11) is 0. The van der Waals surface area contributed by atoms with Crippen molar-refractivity contribution in [2.24, 2.45) is 5.11 Å². The molecule has 2 aromatic carbocycles. The predicted molar refractivity (Wildman–Crippen MR) is 130 cm³/mol. The van der Waals surface area contributed by atoms with Crippen molar-refractivity contribution in [3.63, 3.8) is 0 Å². The van der Waals surface area contributed by atoms with Crippen LogP contribution in [0.2, 0.25) is 0 Å². The number of aliphatic hydroxyl groups excluding tert-OH is 1. The van der Waals surface area contributed by atoms with E-state index >= 15 is 0 Å². The minimum absolute atomic E-state index is 0. The van der Waals surface area contributed by atoms with Crippen molar-refractivity contribution in [1.29, 1.82) is 0 Å². The summed E-state index contributed by atoms with van der Waals surface area (Å²) in [6.45, 7) is 9.09. The Morgan fingerprint density at radius 2 is 1.46 bits per heavy atom. The monoisotopic (exact) mass is 488 g/mol. The summed E-state index contributed by atoms with van der Waals surface area (Å²) in [6, 6.07) is 19.7. The molecular weight excluding hydrogens is 459 g/mol. The number of aliphatic hydroxyl groups is 1. The van der Waals surface area contributed by atoms with Gasteiger partial charge < -0.3 is 30.4 Å². The van der Waals surface area contributed by atoms with Crippen molar-refractivity contribution in [1.82, 2.24) is 0 Å². The Hall–Kier alpha value is -2.62. The Morgan fingerprint density at radius 3 is 1.86 bits per heavy atom. The molecule has 0 unspecified atom stereocenters. The number of nitrogens with zero attached hydrogens (tertiary/aromatic N) is 6. The molecule has 4 atom stereocenters. The van der Waals surface area contributed by atoms with E-state index in [1.807, 2.05) is 60.7 Å². The summed E-state index contributed by atoms with van der Waals surface area (Å²) < 4.78 is 16.3. The molecule has 1 N–H and O–H groups in total. The predicted octanol–water partition coefficient (Wildman–Crippen LogP) is 2.46. The Balaban J connectivity index is 0.000000585. The molecule has 1 aliphatic rings. The average molecular weight is 489 g/mol. The van der Waals surface area contributed by atoms with Crippen LogP contribution >= 0.6 is 0 Å². The normalized spacial score (nSPS) is 15.4. The maximum atomic E-state index is 9.66. The summed E-state index contributed by atoms with van der Waals surface area (Å²) in [5.41, 5.74) is 23.8. The summed E-state index contributed by atoms with van der Waals surface area (Å²) in [5, 5.41) is 13.0. The first-order chi connectivity index (χ1) is 16.6. The van der Waals surface area contributed by atoms with E-state index in [1.165, 1.54) is 16.6 Å². The van der Waals surface area contributed by atoms with E-state index in [9.17, 15) is 5.11 Å². The zero-order chi connectivity index (χ0) is 25.0. The third-order valence-corrected chi connectivity index (χ3v) is 4.47. The molecule has 1 heterocycles. The molecule has 3 rings (SSSR count). The van der Waals surface area contributed by atoms with Crippen molar-refractivity contribution < 1.29 is 48.9 Å². The van der Waals surface area contributed by atoms with Gasteiger partial charge in [0.05, 0.1) is 32.5 Å². The first-order valence-corrected chi connectivity index (χ1v) is 10.4. The van der Waals surface area contributed by atoms with E-state index in [0.717, 1.165) is 12.2 Å². The Labute approximate surface area is 227 Å². The summed E-state index contributed by atoms with van der Waals surface area (Å²) in [4.78, 5) is 4.09. The molecule has 0 aromatic heterocycles. The summed E-state index contributed by atoms with van der Waals surface area (Å²) >= 11 is 0. The zero-order valence-electron chi connectivity index (χ0n) is 19.8. The molecule has 180 valence electrons. The van der Waals surface area contributed by atoms with E-state index in [0.29, 0.717) is 13.2 Å². The molecule has 0 radical (unpaired) electrons. The molecule has 35 heavy (non-hydrogen) atoms. The van der Waals surface area contributed by atoms with Crippen LogP contribution in [-0.2, 0) is 27.4 Å². The van der Waals surface area contributed by atoms with Gasteiger partial charge in [-0.1, -0.05) is 77.9 Å². The molecule has 0 bridgehead atoms. The van der Waals surface area contributed by atoms with Crippen LogP contribution in [0.25, 0.3) is 26.4 Å². The quantitative estimate of drug-likeness (QED) is 0.121. The molecule has 10 nitrogen and oxygen atoms in total. The van der Waals surface area contributed by atoms with Crippen molar-refractivity contribution in [3.05, 3.63) is 124 Å². The number of azide groups is 1. The molecule has 0 spiro atoms. The zero-order valence-corrected chi connectivity index (χ0v) is 21.8. The molecule has 2 aromatic rings. The fourth-order valence-corrected chi connectivity index (χ4v) is 2.67. The Morgan fingerprint density at radius 1 is 0.971 bits per heavy atom. The second kappa shape index (κ2) is 20.7. The van der Waals surface area contributed by atoms with Crippen molar-refractivity contribution >= 4 is 0 Å². The van der Waals surface area contributed by atoms with Crippen LogP contribution in [0.1, 0.15) is 11.1 Å². The van der Waals surface area contributed by atoms with E-state index in [2.05, 4.69) is 23.2 Å². The maximum absolute atomic E-state index is 9.66. The third-order valence-electron chi connectivity index (χ3n) is 4.47.